The summed E-state index contributed by atoms with van der Waals surface area (Å²) >= 11 is 5.38. The van der Waals surface area contributed by atoms with Gasteiger partial charge in [-0.15, -0.1) is 11.8 Å². The molecule has 0 atom stereocenters. The number of aryl methyl sites for hydroxylation is 2. The highest BCUT2D eigenvalue weighted by molar-refractivity contribution is 9.10. The molecule has 2 aromatic rings. The molecule has 0 radical (unpaired) electrons. The van der Waals surface area contributed by atoms with Crippen LogP contribution < -0.4 is 5.73 Å². The second-order valence-electron chi connectivity index (χ2n) is 4.11. The maximum Gasteiger partial charge on any atom is 0.0738 e. The Morgan fingerprint density at radius 2 is 2.22 bits per heavy atom. The second-order valence-corrected chi connectivity index (χ2v) is 5.95. The number of benzene rings is 1. The number of hydrogen-bond acceptors (Lipinski definition) is 3. The van der Waals surface area contributed by atoms with Gasteiger partial charge in [-0.2, -0.15) is 5.10 Å². The quantitative estimate of drug-likeness (QED) is 0.877. The first-order valence-electron chi connectivity index (χ1n) is 5.71. The van der Waals surface area contributed by atoms with E-state index in [2.05, 4.69) is 33.2 Å². The average Bonchev–Trinajstić information content (AvgIpc) is 2.61. The predicted octanol–water partition coefficient (Wildman–Crippen LogP) is 3.24. The van der Waals surface area contributed by atoms with Crippen LogP contribution in [0.4, 0.5) is 0 Å². The monoisotopic (exact) mass is 325 g/mol. The van der Waals surface area contributed by atoms with Crippen LogP contribution in [0.2, 0.25) is 0 Å². The van der Waals surface area contributed by atoms with E-state index >= 15 is 0 Å². The van der Waals surface area contributed by atoms with Gasteiger partial charge in [0.15, 0.2) is 0 Å². The lowest BCUT2D eigenvalue weighted by molar-refractivity contribution is 0.727. The molecule has 0 saturated carbocycles. The minimum absolute atomic E-state index is 0.586. The lowest BCUT2D eigenvalue weighted by Gasteiger charge is -2.05. The van der Waals surface area contributed by atoms with Crippen molar-refractivity contribution in [1.29, 1.82) is 0 Å². The fraction of sp³-hybridized carbons (Fsp3) is 0.308. The van der Waals surface area contributed by atoms with Crippen LogP contribution in [0.3, 0.4) is 0 Å². The van der Waals surface area contributed by atoms with Crippen molar-refractivity contribution < 1.29 is 0 Å². The van der Waals surface area contributed by atoms with E-state index in [0.717, 1.165) is 15.9 Å². The molecule has 1 aromatic heterocycles. The van der Waals surface area contributed by atoms with Gasteiger partial charge in [-0.25, -0.2) is 0 Å². The number of aromatic nitrogens is 2. The van der Waals surface area contributed by atoms with E-state index in [0.29, 0.717) is 6.54 Å². The first kappa shape index (κ1) is 13.6. The third-order valence-electron chi connectivity index (χ3n) is 2.77. The standard InChI is InChI=1S/C13H16BrN3S/c1-9-13(14)12(17(2)16-9)8-18-11-5-3-4-10(6-11)7-15/h3-6H,7-8,15H2,1-2H3. The highest BCUT2D eigenvalue weighted by Gasteiger charge is 2.10. The lowest BCUT2D eigenvalue weighted by Crippen LogP contribution is -1.97. The van der Waals surface area contributed by atoms with Gasteiger partial charge in [0, 0.05) is 24.2 Å². The molecule has 2 N–H and O–H groups in total. The van der Waals surface area contributed by atoms with Gasteiger partial charge in [0.25, 0.3) is 0 Å². The number of nitrogens with two attached hydrogens (primary N) is 1. The van der Waals surface area contributed by atoms with E-state index in [1.165, 1.54) is 16.2 Å². The van der Waals surface area contributed by atoms with E-state index in [1.54, 1.807) is 11.8 Å². The topological polar surface area (TPSA) is 43.8 Å². The zero-order valence-corrected chi connectivity index (χ0v) is 12.9. The Hall–Kier alpha value is -0.780. The van der Waals surface area contributed by atoms with Crippen LogP contribution in [0.15, 0.2) is 33.6 Å². The van der Waals surface area contributed by atoms with Crippen molar-refractivity contribution in [2.75, 3.05) is 0 Å². The summed E-state index contributed by atoms with van der Waals surface area (Å²) in [6.07, 6.45) is 0. The Balaban J connectivity index is 2.11. The van der Waals surface area contributed by atoms with Gasteiger partial charge >= 0.3 is 0 Å². The molecule has 0 bridgehead atoms. The Morgan fingerprint density at radius 1 is 1.44 bits per heavy atom. The first-order valence-corrected chi connectivity index (χ1v) is 7.49. The summed E-state index contributed by atoms with van der Waals surface area (Å²) in [7, 11) is 1.98. The molecule has 0 spiro atoms. The average molecular weight is 326 g/mol. The molecule has 18 heavy (non-hydrogen) atoms. The van der Waals surface area contributed by atoms with E-state index in [-0.39, 0.29) is 0 Å². The molecule has 1 heterocycles. The number of hydrogen-bond donors (Lipinski definition) is 1. The molecule has 3 nitrogen and oxygen atoms in total. The van der Waals surface area contributed by atoms with Crippen molar-refractivity contribution in [3.8, 4) is 0 Å². The van der Waals surface area contributed by atoms with Crippen LogP contribution in [-0.4, -0.2) is 9.78 Å². The normalized spacial score (nSPS) is 10.9. The molecule has 0 unspecified atom stereocenters. The number of thioether (sulfide) groups is 1. The van der Waals surface area contributed by atoms with E-state index < -0.39 is 0 Å². The van der Waals surface area contributed by atoms with Crippen LogP contribution in [0.25, 0.3) is 0 Å². The molecule has 2 rings (SSSR count). The van der Waals surface area contributed by atoms with Gasteiger partial charge in [0.2, 0.25) is 0 Å². The van der Waals surface area contributed by atoms with Crippen molar-refractivity contribution in [2.24, 2.45) is 12.8 Å². The number of halogens is 1. The van der Waals surface area contributed by atoms with Gasteiger partial charge in [0.05, 0.1) is 15.9 Å². The second kappa shape index (κ2) is 5.91. The highest BCUT2D eigenvalue weighted by Crippen LogP contribution is 2.28. The Kier molecular flexibility index (Phi) is 4.48. The molecule has 0 amide bonds. The largest absolute Gasteiger partial charge is 0.326 e. The van der Waals surface area contributed by atoms with Gasteiger partial charge in [0.1, 0.15) is 0 Å². The molecular formula is C13H16BrN3S. The maximum atomic E-state index is 5.65. The molecule has 96 valence electrons. The minimum Gasteiger partial charge on any atom is -0.326 e. The molecule has 1 aromatic carbocycles. The van der Waals surface area contributed by atoms with Gasteiger partial charge in [-0.05, 0) is 40.5 Å². The summed E-state index contributed by atoms with van der Waals surface area (Å²) < 4.78 is 3.03. The third kappa shape index (κ3) is 2.96. The van der Waals surface area contributed by atoms with Crippen molar-refractivity contribution in [1.82, 2.24) is 9.78 Å². The van der Waals surface area contributed by atoms with Crippen molar-refractivity contribution in [3.05, 3.63) is 45.7 Å². The summed E-state index contributed by atoms with van der Waals surface area (Å²) in [5.41, 5.74) is 9.05. The number of rotatable bonds is 4. The van der Waals surface area contributed by atoms with Crippen LogP contribution >= 0.6 is 27.7 Å². The van der Waals surface area contributed by atoms with Crippen LogP contribution in [0, 0.1) is 6.92 Å². The summed E-state index contributed by atoms with van der Waals surface area (Å²) in [6, 6.07) is 8.35. The van der Waals surface area contributed by atoms with E-state index in [4.69, 9.17) is 5.73 Å². The van der Waals surface area contributed by atoms with Crippen molar-refractivity contribution in [3.63, 3.8) is 0 Å². The van der Waals surface area contributed by atoms with Crippen LogP contribution in [-0.2, 0) is 19.3 Å². The molecule has 0 fully saturated rings. The van der Waals surface area contributed by atoms with E-state index in [9.17, 15) is 0 Å². The lowest BCUT2D eigenvalue weighted by atomic mass is 10.2. The van der Waals surface area contributed by atoms with Gasteiger partial charge < -0.3 is 5.73 Å². The summed E-state index contributed by atoms with van der Waals surface area (Å²) in [4.78, 5) is 1.24. The summed E-state index contributed by atoms with van der Waals surface area (Å²) in [5.74, 6) is 0.895. The Morgan fingerprint density at radius 3 is 2.83 bits per heavy atom. The molecule has 0 aliphatic carbocycles. The number of nitrogens with zero attached hydrogens (tertiary/aromatic N) is 2. The van der Waals surface area contributed by atoms with Crippen LogP contribution in [0.5, 0.6) is 0 Å². The first-order chi connectivity index (χ1) is 8.61. The molecule has 0 aliphatic heterocycles. The third-order valence-corrected chi connectivity index (χ3v) is 4.81. The maximum absolute atomic E-state index is 5.65. The Labute approximate surface area is 120 Å². The summed E-state index contributed by atoms with van der Waals surface area (Å²) in [6.45, 7) is 2.59. The van der Waals surface area contributed by atoms with Crippen molar-refractivity contribution in [2.45, 2.75) is 24.1 Å². The summed E-state index contributed by atoms with van der Waals surface area (Å²) in [5, 5.41) is 4.39. The Bertz CT molecular complexity index is 551. The smallest absolute Gasteiger partial charge is 0.0738 e. The fourth-order valence-corrected chi connectivity index (χ4v) is 3.46. The highest BCUT2D eigenvalue weighted by atomic mass is 79.9. The molecule has 0 aliphatic rings. The van der Waals surface area contributed by atoms with Crippen molar-refractivity contribution >= 4 is 27.7 Å². The zero-order chi connectivity index (χ0) is 13.1. The fourth-order valence-electron chi connectivity index (χ4n) is 1.75. The SMILES string of the molecule is Cc1nn(C)c(CSc2cccc(CN)c2)c1Br. The zero-order valence-electron chi connectivity index (χ0n) is 10.5. The molecular weight excluding hydrogens is 310 g/mol. The van der Waals surface area contributed by atoms with Crippen LogP contribution in [0.1, 0.15) is 17.0 Å². The van der Waals surface area contributed by atoms with Gasteiger partial charge in [-0.1, -0.05) is 12.1 Å². The predicted molar refractivity (Wildman–Crippen MR) is 79.5 cm³/mol. The van der Waals surface area contributed by atoms with E-state index in [1.807, 2.05) is 30.8 Å². The molecule has 0 saturated heterocycles. The van der Waals surface area contributed by atoms with Gasteiger partial charge in [-0.3, -0.25) is 4.68 Å². The molecule has 5 heteroatoms. The minimum atomic E-state index is 0.586.